The molecule has 6 heteroatoms. The summed E-state index contributed by atoms with van der Waals surface area (Å²) in [6.07, 6.45) is -0.600. The van der Waals surface area contributed by atoms with Crippen molar-refractivity contribution in [2.24, 2.45) is 5.41 Å². The molecular formula is C10H20CsNO4. The Bertz CT molecular complexity index is 264. The molecular weight excluding hydrogens is 331 g/mol. The number of carbonyl (C=O) groups excluding carboxylic acids is 1. The van der Waals surface area contributed by atoms with Crippen LogP contribution < -0.4 is 74.2 Å². The van der Waals surface area contributed by atoms with E-state index in [-0.39, 0.29) is 76.9 Å². The molecule has 0 aromatic carbocycles. The number of alkyl carbamates (subject to hydrolysis) is 1. The van der Waals surface area contributed by atoms with Crippen LogP contribution in [0.25, 0.3) is 0 Å². The first-order valence-corrected chi connectivity index (χ1v) is 4.75. The van der Waals surface area contributed by atoms with Crippen LogP contribution >= 0.6 is 0 Å². The Labute approximate surface area is 157 Å². The zero-order valence-corrected chi connectivity index (χ0v) is 17.2. The van der Waals surface area contributed by atoms with Gasteiger partial charge in [-0.1, -0.05) is 0 Å². The normalized spacial score (nSPS) is 11.3. The van der Waals surface area contributed by atoms with Crippen molar-refractivity contribution >= 4 is 12.1 Å². The van der Waals surface area contributed by atoms with Gasteiger partial charge in [0.05, 0.1) is 5.41 Å². The van der Waals surface area contributed by atoms with E-state index in [1.807, 2.05) is 0 Å². The Morgan fingerprint density at radius 2 is 1.69 bits per heavy atom. The maximum Gasteiger partial charge on any atom is 1.00 e. The number of carboxylic acids is 1. The topological polar surface area (TPSA) is 75.6 Å². The Hall–Kier alpha value is 0.792. The molecule has 0 radical (unpaired) electrons. The summed E-state index contributed by atoms with van der Waals surface area (Å²) in [5.41, 5.74) is -1.56. The zero-order valence-electron chi connectivity index (χ0n) is 11.9. The minimum absolute atomic E-state index is 0. The predicted molar refractivity (Wildman–Crippen MR) is 56.8 cm³/mol. The molecule has 0 spiro atoms. The van der Waals surface area contributed by atoms with Gasteiger partial charge in [0.2, 0.25) is 0 Å². The molecule has 0 aliphatic rings. The summed E-state index contributed by atoms with van der Waals surface area (Å²) in [5.74, 6) is -0.960. The van der Waals surface area contributed by atoms with E-state index in [9.17, 15) is 9.59 Å². The molecule has 16 heavy (non-hydrogen) atoms. The van der Waals surface area contributed by atoms with E-state index in [4.69, 9.17) is 9.84 Å². The van der Waals surface area contributed by atoms with Gasteiger partial charge in [-0.25, -0.2) is 4.79 Å². The standard InChI is InChI=1S/C10H19NO4.Cs.H/c1-9(2,3)15-8(14)11-6-10(4,5)7(12)13;;/h6H2,1-5H3,(H,11,14)(H,12,13);;/q;+1;-1. The molecule has 0 unspecified atom stereocenters. The third-order valence-corrected chi connectivity index (χ3v) is 1.65. The van der Waals surface area contributed by atoms with Crippen LogP contribution in [0.3, 0.4) is 0 Å². The Balaban J connectivity index is -0.000000980. The molecule has 0 aliphatic heterocycles. The van der Waals surface area contributed by atoms with Crippen LogP contribution in [0.1, 0.15) is 36.0 Å². The van der Waals surface area contributed by atoms with Gasteiger partial charge < -0.3 is 16.6 Å². The summed E-state index contributed by atoms with van der Waals surface area (Å²) < 4.78 is 4.97. The van der Waals surface area contributed by atoms with Gasteiger partial charge >= 0.3 is 81.0 Å². The van der Waals surface area contributed by atoms with Crippen LogP contribution in [0.5, 0.6) is 0 Å². The predicted octanol–water partition coefficient (Wildman–Crippen LogP) is -1.26. The van der Waals surface area contributed by atoms with Crippen LogP contribution in [0, 0.1) is 5.41 Å². The fourth-order valence-corrected chi connectivity index (χ4v) is 0.683. The number of hydrogen-bond donors (Lipinski definition) is 2. The number of hydrogen-bond acceptors (Lipinski definition) is 3. The number of amides is 1. The maximum absolute atomic E-state index is 11.2. The van der Waals surface area contributed by atoms with Gasteiger partial charge in [-0.15, -0.1) is 0 Å². The Kier molecular flexibility index (Phi) is 8.70. The molecule has 0 fully saturated rings. The van der Waals surface area contributed by atoms with Crippen molar-refractivity contribution < 1.29 is 89.8 Å². The smallest absolute Gasteiger partial charge is 1.00 e. The first kappa shape index (κ1) is 19.1. The summed E-state index contributed by atoms with van der Waals surface area (Å²) in [4.78, 5) is 21.9. The summed E-state index contributed by atoms with van der Waals surface area (Å²) in [7, 11) is 0. The van der Waals surface area contributed by atoms with Gasteiger partial charge in [0.25, 0.3) is 0 Å². The van der Waals surface area contributed by atoms with Gasteiger partial charge in [-0.3, -0.25) is 4.79 Å². The van der Waals surface area contributed by atoms with Gasteiger partial charge in [-0.05, 0) is 34.6 Å². The summed E-state index contributed by atoms with van der Waals surface area (Å²) in [6.45, 7) is 8.34. The number of rotatable bonds is 3. The number of nitrogens with one attached hydrogen (secondary N) is 1. The van der Waals surface area contributed by atoms with Crippen LogP contribution in [0.4, 0.5) is 4.79 Å². The second-order valence-corrected chi connectivity index (χ2v) is 5.04. The molecule has 5 nitrogen and oxygen atoms in total. The molecule has 1 amide bonds. The van der Waals surface area contributed by atoms with Crippen molar-refractivity contribution in [3.8, 4) is 0 Å². The quantitative estimate of drug-likeness (QED) is 0.666. The van der Waals surface area contributed by atoms with E-state index >= 15 is 0 Å². The summed E-state index contributed by atoms with van der Waals surface area (Å²) >= 11 is 0. The average molecular weight is 351 g/mol. The molecule has 2 N–H and O–H groups in total. The molecule has 0 saturated carbocycles. The van der Waals surface area contributed by atoms with Crippen LogP contribution in [0.2, 0.25) is 0 Å². The van der Waals surface area contributed by atoms with Gasteiger partial charge in [0.15, 0.2) is 0 Å². The number of carbonyl (C=O) groups is 2. The van der Waals surface area contributed by atoms with Gasteiger partial charge in [0, 0.05) is 6.54 Å². The first-order chi connectivity index (χ1) is 6.54. The number of aliphatic carboxylic acids is 1. The molecule has 0 saturated heterocycles. The average Bonchev–Trinajstić information content (AvgIpc) is 1.97. The second-order valence-electron chi connectivity index (χ2n) is 5.04. The molecule has 0 atom stereocenters. The van der Waals surface area contributed by atoms with Crippen molar-refractivity contribution in [1.29, 1.82) is 0 Å². The SMILES string of the molecule is CC(C)(C)OC(=O)NCC(C)(C)C(=O)O.[Cs+].[H-]. The fourth-order valence-electron chi connectivity index (χ4n) is 0.683. The van der Waals surface area contributed by atoms with Crippen molar-refractivity contribution in [2.75, 3.05) is 6.54 Å². The van der Waals surface area contributed by atoms with E-state index in [1.54, 1.807) is 20.8 Å². The van der Waals surface area contributed by atoms with Crippen molar-refractivity contribution in [1.82, 2.24) is 5.32 Å². The van der Waals surface area contributed by atoms with E-state index in [1.165, 1.54) is 13.8 Å². The van der Waals surface area contributed by atoms with Crippen molar-refractivity contribution in [3.05, 3.63) is 0 Å². The van der Waals surface area contributed by atoms with E-state index in [0.29, 0.717) is 0 Å². The number of ether oxygens (including phenoxy) is 1. The largest absolute Gasteiger partial charge is 1.00 e. The molecule has 0 aromatic rings. The third-order valence-electron chi connectivity index (χ3n) is 1.65. The fraction of sp³-hybridized carbons (Fsp3) is 0.800. The molecule has 0 aromatic heterocycles. The molecule has 90 valence electrons. The van der Waals surface area contributed by atoms with Crippen LogP contribution in [-0.2, 0) is 9.53 Å². The molecule has 0 heterocycles. The molecule has 0 bridgehead atoms. The molecule has 0 rings (SSSR count). The molecule has 0 aliphatic carbocycles. The maximum atomic E-state index is 11.2. The number of carboxylic acid groups (broad SMARTS) is 1. The summed E-state index contributed by atoms with van der Waals surface area (Å²) in [5, 5.41) is 11.2. The monoisotopic (exact) mass is 351 g/mol. The van der Waals surface area contributed by atoms with Crippen molar-refractivity contribution in [2.45, 2.75) is 40.2 Å². The van der Waals surface area contributed by atoms with Crippen LogP contribution in [0.15, 0.2) is 0 Å². The van der Waals surface area contributed by atoms with Crippen LogP contribution in [-0.4, -0.2) is 29.3 Å². The summed E-state index contributed by atoms with van der Waals surface area (Å²) in [6, 6.07) is 0. The van der Waals surface area contributed by atoms with Gasteiger partial charge in [0.1, 0.15) is 5.60 Å². The van der Waals surface area contributed by atoms with Gasteiger partial charge in [-0.2, -0.15) is 0 Å². The third kappa shape index (κ3) is 8.89. The minimum Gasteiger partial charge on any atom is -1.00 e. The Morgan fingerprint density at radius 3 is 2.00 bits per heavy atom. The first-order valence-electron chi connectivity index (χ1n) is 4.75. The minimum atomic E-state index is -0.989. The second kappa shape index (κ2) is 7.28. The van der Waals surface area contributed by atoms with Crippen molar-refractivity contribution in [3.63, 3.8) is 0 Å². The van der Waals surface area contributed by atoms with E-state index < -0.39 is 23.1 Å². The zero-order chi connectivity index (χ0) is 12.3. The Morgan fingerprint density at radius 1 is 1.25 bits per heavy atom. The van der Waals surface area contributed by atoms with E-state index in [0.717, 1.165) is 0 Å². The van der Waals surface area contributed by atoms with E-state index in [2.05, 4.69) is 5.32 Å².